The summed E-state index contributed by atoms with van der Waals surface area (Å²) in [4.78, 5) is 22.6. The number of rotatable bonds is 5. The SMILES string of the molecule is N#CCC([C@H]1CC[C@H](OC(=O)C(F)(F)F)C1)n1cc(-c2ncnc3[nH]ccc23)cn1. The number of hydrogen-bond donors (Lipinski definition) is 1. The number of aromatic nitrogens is 5. The van der Waals surface area contributed by atoms with Crippen LogP contribution in [0.15, 0.2) is 31.0 Å². The van der Waals surface area contributed by atoms with Crippen LogP contribution in [-0.4, -0.2) is 43.0 Å². The number of nitrogens with one attached hydrogen (secondary N) is 1. The van der Waals surface area contributed by atoms with Gasteiger partial charge in [0, 0.05) is 23.3 Å². The molecule has 1 unspecified atom stereocenters. The molecule has 0 radical (unpaired) electrons. The van der Waals surface area contributed by atoms with Gasteiger partial charge in [0.2, 0.25) is 0 Å². The number of esters is 1. The van der Waals surface area contributed by atoms with Gasteiger partial charge in [0.05, 0.1) is 30.4 Å². The third-order valence-electron chi connectivity index (χ3n) is 5.34. The highest BCUT2D eigenvalue weighted by molar-refractivity contribution is 5.89. The molecule has 3 aromatic heterocycles. The second-order valence-electron chi connectivity index (χ2n) is 7.20. The van der Waals surface area contributed by atoms with Gasteiger partial charge in [-0.25, -0.2) is 14.8 Å². The first-order valence-electron chi connectivity index (χ1n) is 9.34. The van der Waals surface area contributed by atoms with Gasteiger partial charge in [-0.05, 0) is 31.2 Å². The van der Waals surface area contributed by atoms with Crippen LogP contribution in [-0.2, 0) is 9.53 Å². The zero-order valence-corrected chi connectivity index (χ0v) is 15.6. The quantitative estimate of drug-likeness (QED) is 0.635. The van der Waals surface area contributed by atoms with Crippen molar-refractivity contribution in [1.29, 1.82) is 5.26 Å². The number of carbonyl (C=O) groups excluding carboxylic acids is 1. The molecular weight excluding hydrogens is 401 g/mol. The van der Waals surface area contributed by atoms with Gasteiger partial charge in [0.15, 0.2) is 0 Å². The van der Waals surface area contributed by atoms with Crippen LogP contribution < -0.4 is 0 Å². The Morgan fingerprint density at radius 2 is 2.23 bits per heavy atom. The molecule has 1 N–H and O–H groups in total. The molecule has 0 spiro atoms. The number of halogens is 3. The van der Waals surface area contributed by atoms with Crippen molar-refractivity contribution >= 4 is 17.0 Å². The lowest BCUT2D eigenvalue weighted by Gasteiger charge is -2.22. The van der Waals surface area contributed by atoms with Gasteiger partial charge in [-0.2, -0.15) is 23.5 Å². The van der Waals surface area contributed by atoms with Gasteiger partial charge in [-0.15, -0.1) is 0 Å². The minimum atomic E-state index is -5.01. The Hall–Kier alpha value is -3.42. The first-order valence-corrected chi connectivity index (χ1v) is 9.34. The average molecular weight is 418 g/mol. The van der Waals surface area contributed by atoms with Crippen LogP contribution in [0.25, 0.3) is 22.3 Å². The topological polar surface area (TPSA) is 109 Å². The lowest BCUT2D eigenvalue weighted by atomic mass is 9.96. The summed E-state index contributed by atoms with van der Waals surface area (Å²) in [6, 6.07) is 3.63. The molecule has 11 heteroatoms. The van der Waals surface area contributed by atoms with E-state index in [1.165, 1.54) is 6.33 Å². The fourth-order valence-electron chi connectivity index (χ4n) is 3.96. The van der Waals surface area contributed by atoms with Gasteiger partial charge in [-0.3, -0.25) is 4.68 Å². The first-order chi connectivity index (χ1) is 14.4. The third kappa shape index (κ3) is 3.85. The number of ether oxygens (including phenoxy) is 1. The lowest BCUT2D eigenvalue weighted by Crippen LogP contribution is -2.29. The maximum atomic E-state index is 12.5. The Bertz CT molecular complexity index is 1100. The largest absolute Gasteiger partial charge is 0.490 e. The molecule has 1 saturated carbocycles. The van der Waals surface area contributed by atoms with Crippen molar-refractivity contribution in [2.75, 3.05) is 0 Å². The summed E-state index contributed by atoms with van der Waals surface area (Å²) in [5, 5.41) is 14.5. The summed E-state index contributed by atoms with van der Waals surface area (Å²) in [7, 11) is 0. The van der Waals surface area contributed by atoms with Gasteiger partial charge in [-0.1, -0.05) is 0 Å². The number of hydrogen-bond acceptors (Lipinski definition) is 6. The number of nitrogens with zero attached hydrogens (tertiary/aromatic N) is 5. The maximum absolute atomic E-state index is 12.5. The fraction of sp³-hybridized carbons (Fsp3) is 0.421. The fourth-order valence-corrected chi connectivity index (χ4v) is 3.96. The standard InChI is InChI=1S/C19H17F3N6O2/c20-19(21,22)18(29)30-13-2-1-11(7-13)15(3-5-23)28-9-12(8-27-28)16-14-4-6-24-17(14)26-10-25-16/h4,6,8-11,13,15H,1-3,7H2,(H,24,25,26)/t11-,13-,15?/m0/s1. The molecule has 3 aromatic rings. The molecule has 8 nitrogen and oxygen atoms in total. The number of carbonyl (C=O) groups is 1. The molecule has 4 rings (SSSR count). The normalized spacial score (nSPS) is 20.2. The van der Waals surface area contributed by atoms with Gasteiger partial charge in [0.25, 0.3) is 0 Å². The lowest BCUT2D eigenvalue weighted by molar-refractivity contribution is -0.204. The number of H-pyrrole nitrogens is 1. The Kier molecular flexibility index (Phi) is 5.15. The number of alkyl halides is 3. The van der Waals surface area contributed by atoms with Gasteiger partial charge < -0.3 is 9.72 Å². The summed E-state index contributed by atoms with van der Waals surface area (Å²) in [5.74, 6) is -2.31. The third-order valence-corrected chi connectivity index (χ3v) is 5.34. The van der Waals surface area contributed by atoms with Crippen molar-refractivity contribution in [1.82, 2.24) is 24.7 Å². The monoisotopic (exact) mass is 418 g/mol. The second kappa shape index (κ2) is 7.78. The van der Waals surface area contributed by atoms with Gasteiger partial charge in [0.1, 0.15) is 18.1 Å². The van der Waals surface area contributed by atoms with E-state index in [1.54, 1.807) is 23.3 Å². The van der Waals surface area contributed by atoms with E-state index < -0.39 is 18.2 Å². The Morgan fingerprint density at radius 3 is 3.00 bits per heavy atom. The highest BCUT2D eigenvalue weighted by Crippen LogP contribution is 2.39. The van der Waals surface area contributed by atoms with Crippen molar-refractivity contribution in [2.24, 2.45) is 5.92 Å². The summed E-state index contributed by atoms with van der Waals surface area (Å²) >= 11 is 0. The van der Waals surface area contributed by atoms with Crippen LogP contribution in [0, 0.1) is 17.2 Å². The zero-order chi connectivity index (χ0) is 21.3. The van der Waals surface area contributed by atoms with Crippen molar-refractivity contribution in [2.45, 2.75) is 44.0 Å². The molecule has 1 aliphatic rings. The van der Waals surface area contributed by atoms with E-state index >= 15 is 0 Å². The van der Waals surface area contributed by atoms with Crippen LogP contribution in [0.3, 0.4) is 0 Å². The average Bonchev–Trinajstić information content (AvgIpc) is 3.45. The Morgan fingerprint density at radius 1 is 1.40 bits per heavy atom. The van der Waals surface area contributed by atoms with E-state index in [2.05, 4.69) is 30.9 Å². The minimum absolute atomic E-state index is 0.134. The van der Waals surface area contributed by atoms with Crippen LogP contribution in [0.5, 0.6) is 0 Å². The predicted molar refractivity (Wildman–Crippen MR) is 97.7 cm³/mol. The Labute approximate surface area is 168 Å². The molecule has 1 fully saturated rings. The van der Waals surface area contributed by atoms with E-state index in [-0.39, 0.29) is 24.8 Å². The van der Waals surface area contributed by atoms with Crippen molar-refractivity contribution in [3.05, 3.63) is 31.0 Å². The Balaban J connectivity index is 1.53. The minimum Gasteiger partial charge on any atom is -0.456 e. The molecular formula is C19H17F3N6O2. The summed E-state index contributed by atoms with van der Waals surface area (Å²) in [5.41, 5.74) is 2.11. The summed E-state index contributed by atoms with van der Waals surface area (Å²) in [6.45, 7) is 0. The van der Waals surface area contributed by atoms with E-state index in [9.17, 15) is 23.2 Å². The molecule has 0 amide bonds. The summed E-state index contributed by atoms with van der Waals surface area (Å²) in [6.07, 6.45) is 2.01. The van der Waals surface area contributed by atoms with E-state index in [0.717, 1.165) is 10.9 Å². The predicted octanol–water partition coefficient (Wildman–Crippen LogP) is 3.55. The summed E-state index contributed by atoms with van der Waals surface area (Å²) < 4.78 is 43.6. The number of nitriles is 1. The first kappa shape index (κ1) is 19.9. The molecule has 156 valence electrons. The van der Waals surface area contributed by atoms with Gasteiger partial charge >= 0.3 is 12.1 Å². The molecule has 3 heterocycles. The molecule has 1 aliphatic carbocycles. The van der Waals surface area contributed by atoms with Crippen molar-refractivity contribution < 1.29 is 22.7 Å². The number of fused-ring (bicyclic) bond motifs is 1. The molecule has 0 aliphatic heterocycles. The second-order valence-corrected chi connectivity index (χ2v) is 7.20. The van der Waals surface area contributed by atoms with Crippen LogP contribution >= 0.6 is 0 Å². The molecule has 30 heavy (non-hydrogen) atoms. The van der Waals surface area contributed by atoms with Crippen LogP contribution in [0.1, 0.15) is 31.7 Å². The van der Waals surface area contributed by atoms with E-state index in [1.807, 2.05) is 6.07 Å². The molecule has 0 saturated heterocycles. The smallest absolute Gasteiger partial charge is 0.456 e. The van der Waals surface area contributed by atoms with Crippen LogP contribution in [0.2, 0.25) is 0 Å². The molecule has 0 bridgehead atoms. The highest BCUT2D eigenvalue weighted by atomic mass is 19.4. The maximum Gasteiger partial charge on any atom is 0.490 e. The van der Waals surface area contributed by atoms with Crippen molar-refractivity contribution in [3.63, 3.8) is 0 Å². The van der Waals surface area contributed by atoms with Crippen molar-refractivity contribution in [3.8, 4) is 17.3 Å². The van der Waals surface area contributed by atoms with Crippen LogP contribution in [0.4, 0.5) is 13.2 Å². The number of aromatic amines is 1. The zero-order valence-electron chi connectivity index (χ0n) is 15.6. The van der Waals surface area contributed by atoms with E-state index in [0.29, 0.717) is 24.2 Å². The molecule has 3 atom stereocenters. The highest BCUT2D eigenvalue weighted by Gasteiger charge is 2.44. The molecule has 0 aromatic carbocycles. The van der Waals surface area contributed by atoms with E-state index in [4.69, 9.17) is 0 Å².